The third kappa shape index (κ3) is 3.44. The first-order chi connectivity index (χ1) is 11.5. The van der Waals surface area contributed by atoms with Crippen LogP contribution in [0.3, 0.4) is 0 Å². The number of piperidine rings is 1. The molecule has 1 saturated heterocycles. The van der Waals surface area contributed by atoms with Crippen LogP contribution in [0.5, 0.6) is 0 Å². The highest BCUT2D eigenvalue weighted by Crippen LogP contribution is 2.34. The van der Waals surface area contributed by atoms with Crippen molar-refractivity contribution in [1.82, 2.24) is 0 Å². The van der Waals surface area contributed by atoms with E-state index in [1.165, 1.54) is 6.07 Å². The van der Waals surface area contributed by atoms with Crippen LogP contribution < -0.4 is 4.90 Å². The maximum Gasteiger partial charge on any atom is 0.310 e. The lowest BCUT2D eigenvalue weighted by Crippen LogP contribution is -2.39. The molecule has 0 saturated carbocycles. The van der Waals surface area contributed by atoms with Gasteiger partial charge in [-0.15, -0.1) is 0 Å². The van der Waals surface area contributed by atoms with Gasteiger partial charge in [-0.05, 0) is 25.8 Å². The lowest BCUT2D eigenvalue weighted by Gasteiger charge is -2.33. The molecule has 8 nitrogen and oxygen atoms in total. The van der Waals surface area contributed by atoms with Gasteiger partial charge < -0.3 is 9.64 Å². The Bertz CT molecular complexity index is 748. The maximum absolute atomic E-state index is 11.9. The summed E-state index contributed by atoms with van der Waals surface area (Å²) in [6, 6.07) is 6.14. The fourth-order valence-electron chi connectivity index (χ4n) is 2.81. The van der Waals surface area contributed by atoms with Gasteiger partial charge in [-0.3, -0.25) is 14.9 Å². The van der Waals surface area contributed by atoms with Crippen molar-refractivity contribution < 1.29 is 14.5 Å². The molecule has 1 aromatic rings. The summed E-state index contributed by atoms with van der Waals surface area (Å²) < 4.78 is 5.03. The molecule has 1 aliphatic rings. The average molecular weight is 328 g/mol. The number of anilines is 1. The van der Waals surface area contributed by atoms with Crippen molar-refractivity contribution in [2.45, 2.75) is 19.8 Å². The van der Waals surface area contributed by atoms with Gasteiger partial charge in [0.15, 0.2) is 0 Å². The molecule has 8 heteroatoms. The van der Waals surface area contributed by atoms with Crippen molar-refractivity contribution >= 4 is 17.3 Å². The van der Waals surface area contributed by atoms with Crippen LogP contribution in [0.15, 0.2) is 12.1 Å². The first kappa shape index (κ1) is 17.2. The second kappa shape index (κ2) is 7.42. The van der Waals surface area contributed by atoms with E-state index in [0.717, 1.165) is 6.07 Å². The number of esters is 1. The highest BCUT2D eigenvalue weighted by molar-refractivity contribution is 5.75. The summed E-state index contributed by atoms with van der Waals surface area (Å²) in [5.41, 5.74) is 0.0582. The third-order valence-corrected chi connectivity index (χ3v) is 3.93. The molecular weight excluding hydrogens is 312 g/mol. The highest BCUT2D eigenvalue weighted by atomic mass is 16.6. The van der Waals surface area contributed by atoms with E-state index < -0.39 is 4.92 Å². The summed E-state index contributed by atoms with van der Waals surface area (Å²) in [5, 5.41) is 29.5. The first-order valence-electron chi connectivity index (χ1n) is 7.56. The van der Waals surface area contributed by atoms with Crippen molar-refractivity contribution in [3.63, 3.8) is 0 Å². The zero-order chi connectivity index (χ0) is 17.7. The molecule has 0 radical (unpaired) electrons. The van der Waals surface area contributed by atoms with Crippen molar-refractivity contribution in [1.29, 1.82) is 10.5 Å². The topological polar surface area (TPSA) is 120 Å². The Kier molecular flexibility index (Phi) is 5.33. The number of ether oxygens (including phenoxy) is 1. The summed E-state index contributed by atoms with van der Waals surface area (Å²) in [4.78, 5) is 24.4. The van der Waals surface area contributed by atoms with Crippen molar-refractivity contribution in [3.8, 4) is 12.1 Å². The summed E-state index contributed by atoms with van der Waals surface area (Å²) in [7, 11) is 0. The number of carbonyl (C=O) groups excluding carboxylic acids is 1. The average Bonchev–Trinajstić information content (AvgIpc) is 2.60. The third-order valence-electron chi connectivity index (χ3n) is 3.93. The van der Waals surface area contributed by atoms with E-state index in [-0.39, 0.29) is 47.5 Å². The van der Waals surface area contributed by atoms with E-state index in [4.69, 9.17) is 15.3 Å². The number of hydrogen-bond acceptors (Lipinski definition) is 7. The van der Waals surface area contributed by atoms with E-state index in [1.54, 1.807) is 17.9 Å². The highest BCUT2D eigenvalue weighted by Gasteiger charge is 2.31. The smallest absolute Gasteiger partial charge is 0.310 e. The van der Waals surface area contributed by atoms with E-state index in [1.807, 2.05) is 6.07 Å². The minimum absolute atomic E-state index is 0.0353. The lowest BCUT2D eigenvalue weighted by molar-refractivity contribution is -0.384. The number of hydrogen-bond donors (Lipinski definition) is 0. The van der Waals surface area contributed by atoms with Gasteiger partial charge >= 0.3 is 5.97 Å². The van der Waals surface area contributed by atoms with Crippen LogP contribution in [0, 0.1) is 38.7 Å². The van der Waals surface area contributed by atoms with Crippen LogP contribution in [0.1, 0.15) is 30.9 Å². The normalized spacial score (nSPS) is 16.8. The molecule has 1 fully saturated rings. The SMILES string of the molecule is CCOC(=O)[C@H]1CCCN(c2cc(C#N)c(C#N)cc2[N+](=O)[O-])C1. The van der Waals surface area contributed by atoms with E-state index in [9.17, 15) is 14.9 Å². The summed E-state index contributed by atoms with van der Waals surface area (Å²) in [5.74, 6) is -0.682. The van der Waals surface area contributed by atoms with Gasteiger partial charge in [0.1, 0.15) is 17.8 Å². The van der Waals surface area contributed by atoms with E-state index in [0.29, 0.717) is 19.4 Å². The van der Waals surface area contributed by atoms with Crippen LogP contribution in [0.4, 0.5) is 11.4 Å². The van der Waals surface area contributed by atoms with Crippen LogP contribution in [0.2, 0.25) is 0 Å². The predicted octanol–water partition coefficient (Wildman–Crippen LogP) is 2.12. The molecule has 0 bridgehead atoms. The quantitative estimate of drug-likeness (QED) is 0.471. The first-order valence-corrected chi connectivity index (χ1v) is 7.56. The number of nitriles is 2. The molecule has 0 N–H and O–H groups in total. The molecule has 0 aromatic heterocycles. The Morgan fingerprint density at radius 2 is 2.08 bits per heavy atom. The van der Waals surface area contributed by atoms with Crippen molar-refractivity contribution in [2.24, 2.45) is 5.92 Å². The second-order valence-corrected chi connectivity index (χ2v) is 5.40. The van der Waals surface area contributed by atoms with E-state index in [2.05, 4.69) is 0 Å². The molecule has 1 aliphatic heterocycles. The van der Waals surface area contributed by atoms with E-state index >= 15 is 0 Å². The number of carbonyl (C=O) groups is 1. The molecular formula is C16H16N4O4. The number of rotatable bonds is 4. The van der Waals surface area contributed by atoms with Gasteiger partial charge in [0.2, 0.25) is 0 Å². The minimum Gasteiger partial charge on any atom is -0.466 e. The Balaban J connectivity index is 2.40. The van der Waals surface area contributed by atoms with Gasteiger partial charge in [-0.2, -0.15) is 10.5 Å². The van der Waals surface area contributed by atoms with Crippen LogP contribution in [-0.4, -0.2) is 30.6 Å². The molecule has 1 aromatic carbocycles. The summed E-state index contributed by atoms with van der Waals surface area (Å²) in [6.07, 6.45) is 1.34. The standard InChI is InChI=1S/C16H16N4O4/c1-2-24-16(21)11-4-3-5-19(10-11)14-6-12(8-17)13(9-18)7-15(14)20(22)23/h6-7,11H,2-5,10H2,1H3/t11-/m0/s1. The molecule has 0 amide bonds. The Morgan fingerprint density at radius 3 is 2.67 bits per heavy atom. The number of nitro benzene ring substituents is 1. The van der Waals surface area contributed by atoms with Gasteiger partial charge in [-0.1, -0.05) is 0 Å². The molecule has 0 spiro atoms. The van der Waals surface area contributed by atoms with Gasteiger partial charge in [0.25, 0.3) is 5.69 Å². The molecule has 1 atom stereocenters. The zero-order valence-corrected chi connectivity index (χ0v) is 13.2. The molecule has 0 aliphatic carbocycles. The largest absolute Gasteiger partial charge is 0.466 e. The van der Waals surface area contributed by atoms with Crippen LogP contribution in [0.25, 0.3) is 0 Å². The van der Waals surface area contributed by atoms with Crippen LogP contribution in [-0.2, 0) is 9.53 Å². The fraction of sp³-hybridized carbons (Fsp3) is 0.438. The number of nitro groups is 1. The molecule has 24 heavy (non-hydrogen) atoms. The van der Waals surface area contributed by atoms with Crippen molar-refractivity contribution in [2.75, 3.05) is 24.6 Å². The zero-order valence-electron chi connectivity index (χ0n) is 13.2. The predicted molar refractivity (Wildman–Crippen MR) is 84.1 cm³/mol. The molecule has 0 unspecified atom stereocenters. The van der Waals surface area contributed by atoms with Gasteiger partial charge in [-0.25, -0.2) is 0 Å². The maximum atomic E-state index is 11.9. The molecule has 2 rings (SSSR count). The number of nitrogens with zero attached hydrogens (tertiary/aromatic N) is 4. The molecule has 1 heterocycles. The number of benzene rings is 1. The second-order valence-electron chi connectivity index (χ2n) is 5.40. The monoisotopic (exact) mass is 328 g/mol. The van der Waals surface area contributed by atoms with Crippen molar-refractivity contribution in [3.05, 3.63) is 33.4 Å². The summed E-state index contributed by atoms with van der Waals surface area (Å²) in [6.45, 7) is 2.83. The van der Waals surface area contributed by atoms with Gasteiger partial charge in [0.05, 0.1) is 28.6 Å². The summed E-state index contributed by atoms with van der Waals surface area (Å²) >= 11 is 0. The Labute approximate surface area is 139 Å². The Morgan fingerprint density at radius 1 is 1.42 bits per heavy atom. The fourth-order valence-corrected chi connectivity index (χ4v) is 2.81. The van der Waals surface area contributed by atoms with Gasteiger partial charge in [0, 0.05) is 19.2 Å². The minimum atomic E-state index is -0.578. The van der Waals surface area contributed by atoms with Crippen LogP contribution >= 0.6 is 0 Å². The Hall–Kier alpha value is -3.13. The molecule has 124 valence electrons. The lowest BCUT2D eigenvalue weighted by atomic mass is 9.96.